The van der Waals surface area contributed by atoms with Crippen LogP contribution in [0.4, 0.5) is 0 Å². The minimum atomic E-state index is -1.22. The van der Waals surface area contributed by atoms with Gasteiger partial charge in [-0.2, -0.15) is 24.4 Å². The third-order valence-electron chi connectivity index (χ3n) is 5.00. The van der Waals surface area contributed by atoms with Crippen molar-refractivity contribution >= 4 is 54.0 Å². The SMILES string of the molecule is CSCCC(NC(=O)C(CCCN=C(N)N)NC(=O)C1CCCN1)C(=O)NC(CS)C(=O)O. The number of carboxylic acid groups (broad SMARTS) is 1. The zero-order chi connectivity index (χ0) is 24.8. The quantitative estimate of drug-likeness (QED) is 0.0537. The van der Waals surface area contributed by atoms with E-state index in [1.807, 2.05) is 6.26 Å². The van der Waals surface area contributed by atoms with Crippen molar-refractivity contribution in [1.82, 2.24) is 21.3 Å². The van der Waals surface area contributed by atoms with E-state index in [0.29, 0.717) is 18.6 Å². The lowest BCUT2D eigenvalue weighted by atomic mass is 10.1. The summed E-state index contributed by atoms with van der Waals surface area (Å²) in [6.45, 7) is 1.01. The molecule has 0 aliphatic carbocycles. The molecule has 0 aromatic rings. The number of nitrogens with two attached hydrogens (primary N) is 2. The number of aliphatic imine (C=N–C) groups is 1. The van der Waals surface area contributed by atoms with Gasteiger partial charge >= 0.3 is 5.97 Å². The molecular formula is C19H35N7O5S2. The van der Waals surface area contributed by atoms with Gasteiger partial charge in [-0.25, -0.2) is 4.79 Å². The van der Waals surface area contributed by atoms with Crippen LogP contribution in [0.2, 0.25) is 0 Å². The van der Waals surface area contributed by atoms with Crippen LogP contribution in [0.15, 0.2) is 4.99 Å². The van der Waals surface area contributed by atoms with E-state index in [0.717, 1.165) is 13.0 Å². The number of rotatable bonds is 15. The number of guanidine groups is 1. The first-order chi connectivity index (χ1) is 15.7. The number of aliphatic carboxylic acids is 1. The van der Waals surface area contributed by atoms with Crippen molar-refractivity contribution < 1.29 is 24.3 Å². The molecule has 188 valence electrons. The van der Waals surface area contributed by atoms with E-state index in [4.69, 9.17) is 11.5 Å². The van der Waals surface area contributed by atoms with E-state index in [1.165, 1.54) is 11.8 Å². The highest BCUT2D eigenvalue weighted by Gasteiger charge is 2.30. The zero-order valence-electron chi connectivity index (χ0n) is 18.7. The van der Waals surface area contributed by atoms with Gasteiger partial charge in [0.15, 0.2) is 5.96 Å². The Morgan fingerprint density at radius 2 is 1.76 bits per heavy atom. The van der Waals surface area contributed by atoms with Crippen molar-refractivity contribution in [3.63, 3.8) is 0 Å². The Bertz CT molecular complexity index is 700. The van der Waals surface area contributed by atoms with E-state index >= 15 is 0 Å². The summed E-state index contributed by atoms with van der Waals surface area (Å²) in [5, 5.41) is 20.1. The number of nitrogens with one attached hydrogen (secondary N) is 4. The van der Waals surface area contributed by atoms with Crippen LogP contribution in [0.3, 0.4) is 0 Å². The van der Waals surface area contributed by atoms with Crippen molar-refractivity contribution in [2.24, 2.45) is 16.5 Å². The first-order valence-corrected chi connectivity index (χ1v) is 12.7. The largest absolute Gasteiger partial charge is 0.480 e. The van der Waals surface area contributed by atoms with Gasteiger partial charge in [0.25, 0.3) is 0 Å². The van der Waals surface area contributed by atoms with Crippen LogP contribution in [-0.4, -0.2) is 89.8 Å². The van der Waals surface area contributed by atoms with E-state index < -0.39 is 35.9 Å². The van der Waals surface area contributed by atoms with Gasteiger partial charge in [0.2, 0.25) is 17.7 Å². The Morgan fingerprint density at radius 3 is 2.27 bits per heavy atom. The van der Waals surface area contributed by atoms with Gasteiger partial charge in [-0.05, 0) is 50.7 Å². The molecule has 0 saturated carbocycles. The zero-order valence-corrected chi connectivity index (χ0v) is 20.4. The molecule has 12 nitrogen and oxygen atoms in total. The highest BCUT2D eigenvalue weighted by molar-refractivity contribution is 7.98. The molecule has 9 N–H and O–H groups in total. The van der Waals surface area contributed by atoms with Gasteiger partial charge in [0.1, 0.15) is 18.1 Å². The molecule has 14 heteroatoms. The van der Waals surface area contributed by atoms with E-state index in [-0.39, 0.29) is 43.0 Å². The minimum absolute atomic E-state index is 0.0684. The lowest BCUT2D eigenvalue weighted by molar-refractivity contribution is -0.141. The number of thiol groups is 1. The van der Waals surface area contributed by atoms with E-state index in [1.54, 1.807) is 0 Å². The Morgan fingerprint density at radius 1 is 1.12 bits per heavy atom. The molecule has 0 bridgehead atoms. The molecule has 0 radical (unpaired) electrons. The first-order valence-electron chi connectivity index (χ1n) is 10.7. The van der Waals surface area contributed by atoms with Crippen molar-refractivity contribution in [3.05, 3.63) is 0 Å². The Balaban J connectivity index is 2.88. The molecular weight excluding hydrogens is 470 g/mol. The predicted octanol–water partition coefficient (Wildman–Crippen LogP) is -1.99. The number of carboxylic acids is 1. The Labute approximate surface area is 203 Å². The maximum absolute atomic E-state index is 13.0. The van der Waals surface area contributed by atoms with Crippen LogP contribution >= 0.6 is 24.4 Å². The second-order valence-corrected chi connectivity index (χ2v) is 8.93. The average molecular weight is 506 g/mol. The second-order valence-electron chi connectivity index (χ2n) is 7.58. The van der Waals surface area contributed by atoms with Crippen LogP contribution < -0.4 is 32.7 Å². The van der Waals surface area contributed by atoms with E-state index in [2.05, 4.69) is 38.9 Å². The van der Waals surface area contributed by atoms with Gasteiger partial charge < -0.3 is 37.8 Å². The standard InChI is InChI=1S/C19H35N7O5S2/c1-33-9-6-13(17(29)26-14(10-32)18(30)31)25-16(28)12(5-3-8-23-19(20)21)24-15(27)11-4-2-7-22-11/h11-14,22,32H,2-10H2,1H3,(H,24,27)(H,25,28)(H,26,29)(H,30,31)(H4,20,21,23). The number of amides is 3. The van der Waals surface area contributed by atoms with Crippen molar-refractivity contribution in [3.8, 4) is 0 Å². The van der Waals surface area contributed by atoms with Crippen LogP contribution in [0.1, 0.15) is 32.1 Å². The van der Waals surface area contributed by atoms with Crippen molar-refractivity contribution in [1.29, 1.82) is 0 Å². The first kappa shape index (κ1) is 28.8. The van der Waals surface area contributed by atoms with E-state index in [9.17, 15) is 24.3 Å². The van der Waals surface area contributed by atoms with Gasteiger partial charge in [-0.3, -0.25) is 19.4 Å². The summed E-state index contributed by atoms with van der Waals surface area (Å²) in [5.41, 5.74) is 10.7. The number of hydrogen-bond donors (Lipinski definition) is 8. The molecule has 1 rings (SSSR count). The van der Waals surface area contributed by atoms with Crippen LogP contribution in [0.25, 0.3) is 0 Å². The third-order valence-corrected chi connectivity index (χ3v) is 6.00. The van der Waals surface area contributed by atoms with Gasteiger partial charge in [0.05, 0.1) is 6.04 Å². The lowest BCUT2D eigenvalue weighted by Gasteiger charge is -2.25. The highest BCUT2D eigenvalue weighted by Crippen LogP contribution is 2.08. The molecule has 0 aromatic heterocycles. The molecule has 1 saturated heterocycles. The summed E-state index contributed by atoms with van der Waals surface area (Å²) in [6.07, 6.45) is 4.37. The van der Waals surface area contributed by atoms with Gasteiger partial charge in [-0.15, -0.1) is 0 Å². The Kier molecular flexibility index (Phi) is 13.6. The summed E-state index contributed by atoms with van der Waals surface area (Å²) in [7, 11) is 0. The second kappa shape index (κ2) is 15.6. The fourth-order valence-corrected chi connectivity index (χ4v) is 3.91. The summed E-state index contributed by atoms with van der Waals surface area (Å²) in [4.78, 5) is 53.4. The fraction of sp³-hybridized carbons (Fsp3) is 0.737. The fourth-order valence-electron chi connectivity index (χ4n) is 3.19. The number of nitrogens with zero attached hydrogens (tertiary/aromatic N) is 1. The molecule has 4 atom stereocenters. The maximum atomic E-state index is 13.0. The molecule has 0 aromatic carbocycles. The molecule has 1 aliphatic rings. The highest BCUT2D eigenvalue weighted by atomic mass is 32.2. The number of thioether (sulfide) groups is 1. The summed E-state index contributed by atoms with van der Waals surface area (Å²) >= 11 is 5.43. The summed E-state index contributed by atoms with van der Waals surface area (Å²) < 4.78 is 0. The number of carbonyl (C=O) groups excluding carboxylic acids is 3. The smallest absolute Gasteiger partial charge is 0.327 e. The average Bonchev–Trinajstić information content (AvgIpc) is 3.31. The molecule has 4 unspecified atom stereocenters. The van der Waals surface area contributed by atoms with Crippen LogP contribution in [0, 0.1) is 0 Å². The maximum Gasteiger partial charge on any atom is 0.327 e. The third kappa shape index (κ3) is 11.0. The van der Waals surface area contributed by atoms with Crippen molar-refractivity contribution in [2.45, 2.75) is 56.3 Å². The minimum Gasteiger partial charge on any atom is -0.480 e. The summed E-state index contributed by atoms with van der Waals surface area (Å²) in [6, 6.07) is -3.43. The summed E-state index contributed by atoms with van der Waals surface area (Å²) in [5.74, 6) is -2.27. The number of hydrogen-bond acceptors (Lipinski definition) is 8. The van der Waals surface area contributed by atoms with Gasteiger partial charge in [0, 0.05) is 12.3 Å². The molecule has 0 spiro atoms. The molecule has 1 aliphatic heterocycles. The normalized spacial score (nSPS) is 17.9. The Hall–Kier alpha value is -2.19. The van der Waals surface area contributed by atoms with Gasteiger partial charge in [-0.1, -0.05) is 0 Å². The molecule has 33 heavy (non-hydrogen) atoms. The van der Waals surface area contributed by atoms with Crippen LogP contribution in [0.5, 0.6) is 0 Å². The van der Waals surface area contributed by atoms with Crippen LogP contribution in [-0.2, 0) is 19.2 Å². The molecule has 3 amide bonds. The lowest BCUT2D eigenvalue weighted by Crippen LogP contribution is -2.57. The number of carbonyl (C=O) groups is 4. The predicted molar refractivity (Wildman–Crippen MR) is 131 cm³/mol. The molecule has 1 heterocycles. The molecule has 1 fully saturated rings. The van der Waals surface area contributed by atoms with Crippen molar-refractivity contribution in [2.75, 3.05) is 30.9 Å². The topological polar surface area (TPSA) is 201 Å². The monoisotopic (exact) mass is 505 g/mol.